The molecule has 0 amide bonds. The van der Waals surface area contributed by atoms with Gasteiger partial charge in [-0.05, 0) is 84.7 Å². The molecule has 9 rings (SSSR count). The zero-order chi connectivity index (χ0) is 34.5. The number of benzene rings is 2. The van der Waals surface area contributed by atoms with Gasteiger partial charge in [-0.2, -0.15) is 0 Å². The lowest BCUT2D eigenvalue weighted by molar-refractivity contribution is -0.671. The predicted molar refractivity (Wildman–Crippen MR) is 208 cm³/mol. The van der Waals surface area contributed by atoms with Crippen molar-refractivity contribution in [3.8, 4) is 44.5 Å². The standard InChI is InChI=1S/C45H34N6/c1-28-4-8-30(9-5-28)42-34-12-16-38(47-34)44(32-20-24-46-25-21-32)39-17-13-35(48-39)43(31-10-6-29(2)7-11-31)37-15-19-41(50-37)45(40-18-14-36(42)49-40)33-22-26-51(3)27-23-33/h4-27H,1-3H3,(H,47,48,49,50)/p+2. The largest absolute Gasteiger partial charge is 0.354 e. The predicted octanol–water partition coefficient (Wildman–Crippen LogP) is 9.58. The van der Waals surface area contributed by atoms with Crippen LogP contribution in [0.3, 0.4) is 0 Å². The number of pyridine rings is 2. The first kappa shape index (κ1) is 30.4. The van der Waals surface area contributed by atoms with Crippen molar-refractivity contribution in [1.29, 1.82) is 0 Å². The maximum atomic E-state index is 5.36. The van der Waals surface area contributed by atoms with Gasteiger partial charge < -0.3 is 9.97 Å². The van der Waals surface area contributed by atoms with Crippen LogP contribution < -0.4 is 9.55 Å². The second kappa shape index (κ2) is 12.3. The number of H-pyrrole nitrogens is 3. The monoisotopic (exact) mass is 660 g/mol. The third-order valence-electron chi connectivity index (χ3n) is 9.71. The van der Waals surface area contributed by atoms with Gasteiger partial charge in [0.25, 0.3) is 0 Å². The number of nitrogens with one attached hydrogen (secondary N) is 3. The third-order valence-corrected chi connectivity index (χ3v) is 9.71. The van der Waals surface area contributed by atoms with Gasteiger partial charge >= 0.3 is 0 Å². The van der Waals surface area contributed by atoms with E-state index in [1.54, 1.807) is 0 Å². The first-order valence-electron chi connectivity index (χ1n) is 17.2. The highest BCUT2D eigenvalue weighted by Crippen LogP contribution is 2.38. The van der Waals surface area contributed by atoms with Crippen molar-refractivity contribution in [2.24, 2.45) is 7.05 Å². The minimum atomic E-state index is 0.868. The van der Waals surface area contributed by atoms with Gasteiger partial charge in [0.1, 0.15) is 7.05 Å². The summed E-state index contributed by atoms with van der Waals surface area (Å²) >= 11 is 0. The van der Waals surface area contributed by atoms with Crippen molar-refractivity contribution in [3.63, 3.8) is 0 Å². The van der Waals surface area contributed by atoms with Crippen molar-refractivity contribution >= 4 is 46.4 Å². The third kappa shape index (κ3) is 5.57. The molecule has 0 atom stereocenters. The highest BCUT2D eigenvalue weighted by Gasteiger charge is 2.20. The minimum absolute atomic E-state index is 0.868. The van der Waals surface area contributed by atoms with Crippen LogP contribution in [0.4, 0.5) is 0 Å². The fraction of sp³-hybridized carbons (Fsp3) is 0.0667. The number of fused-ring (bicyclic) bond motifs is 8. The van der Waals surface area contributed by atoms with Crippen molar-refractivity contribution < 1.29 is 9.55 Å². The van der Waals surface area contributed by atoms with Crippen LogP contribution in [0.25, 0.3) is 90.9 Å². The van der Waals surface area contributed by atoms with E-state index in [-0.39, 0.29) is 0 Å². The van der Waals surface area contributed by atoms with E-state index in [1.807, 2.05) is 19.4 Å². The molecular formula is C45H36N6+2. The van der Waals surface area contributed by atoms with Crippen LogP contribution in [0.15, 0.2) is 122 Å². The molecule has 0 saturated carbocycles. The van der Waals surface area contributed by atoms with E-state index in [1.165, 1.54) is 11.1 Å². The molecule has 0 aliphatic carbocycles. The normalized spacial score (nSPS) is 12.1. The van der Waals surface area contributed by atoms with Crippen LogP contribution >= 0.6 is 0 Å². The van der Waals surface area contributed by atoms with Crippen LogP contribution in [-0.4, -0.2) is 19.9 Å². The van der Waals surface area contributed by atoms with Gasteiger partial charge in [0, 0.05) is 68.6 Å². The number of aromatic amines is 3. The van der Waals surface area contributed by atoms with Crippen molar-refractivity contribution in [2.75, 3.05) is 0 Å². The molecule has 2 aliphatic rings. The Labute approximate surface area is 296 Å². The molecule has 0 saturated heterocycles. The van der Waals surface area contributed by atoms with Crippen LogP contribution in [0.2, 0.25) is 0 Å². The lowest BCUT2D eigenvalue weighted by atomic mass is 10.0. The lowest BCUT2D eigenvalue weighted by Crippen LogP contribution is -2.25. The summed E-state index contributed by atoms with van der Waals surface area (Å²) in [6, 6.07) is 34.6. The molecule has 244 valence electrons. The van der Waals surface area contributed by atoms with Crippen LogP contribution in [0, 0.1) is 13.8 Å². The van der Waals surface area contributed by atoms with Crippen LogP contribution in [-0.2, 0) is 7.05 Å². The van der Waals surface area contributed by atoms with E-state index in [0.717, 1.165) is 89.4 Å². The average molecular weight is 661 g/mol. The van der Waals surface area contributed by atoms with Crippen LogP contribution in [0.1, 0.15) is 33.9 Å². The SMILES string of the molecule is Cc1ccc(-c2c3nc(c(-c4cc[nH+]cc4)c4nc(c(-c5ccc(C)cc5)c5ccc([nH]5)c(-c5cc[n+](C)cc5)c5ccc2[nH]5)C=C4)C=C3)cc1. The molecule has 2 aromatic carbocycles. The molecule has 0 radical (unpaired) electrons. The lowest BCUT2D eigenvalue weighted by Gasteiger charge is -2.07. The van der Waals surface area contributed by atoms with E-state index in [9.17, 15) is 0 Å². The Morgan fingerprint density at radius 3 is 1.25 bits per heavy atom. The second-order valence-electron chi connectivity index (χ2n) is 13.3. The van der Waals surface area contributed by atoms with Gasteiger partial charge in [-0.15, -0.1) is 0 Å². The number of hydrogen-bond acceptors (Lipinski definition) is 2. The Balaban J connectivity index is 1.47. The van der Waals surface area contributed by atoms with Gasteiger partial charge in [0.2, 0.25) is 0 Å². The molecule has 0 fully saturated rings. The summed E-state index contributed by atoms with van der Waals surface area (Å²) in [7, 11) is 2.04. The zero-order valence-electron chi connectivity index (χ0n) is 28.7. The van der Waals surface area contributed by atoms with E-state index < -0.39 is 0 Å². The quantitative estimate of drug-likeness (QED) is 0.185. The molecule has 6 nitrogen and oxygen atoms in total. The summed E-state index contributed by atoms with van der Waals surface area (Å²) in [5.41, 5.74) is 18.4. The first-order chi connectivity index (χ1) is 25.0. The van der Waals surface area contributed by atoms with E-state index in [4.69, 9.17) is 9.97 Å². The topological polar surface area (TPSA) is 75.4 Å². The minimum Gasteiger partial charge on any atom is -0.354 e. The molecule has 8 bridgehead atoms. The summed E-state index contributed by atoms with van der Waals surface area (Å²) in [6.07, 6.45) is 16.6. The molecule has 3 N–H and O–H groups in total. The number of aromatic nitrogens is 6. The molecule has 0 unspecified atom stereocenters. The Morgan fingerprint density at radius 2 is 0.804 bits per heavy atom. The van der Waals surface area contributed by atoms with Gasteiger partial charge in [0.05, 0.1) is 22.8 Å². The molecular weight excluding hydrogens is 625 g/mol. The molecule has 2 aliphatic heterocycles. The van der Waals surface area contributed by atoms with Gasteiger partial charge in [-0.3, -0.25) is 0 Å². The Morgan fingerprint density at radius 1 is 0.431 bits per heavy atom. The summed E-state index contributed by atoms with van der Waals surface area (Å²) < 4.78 is 2.06. The van der Waals surface area contributed by atoms with Crippen LogP contribution in [0.5, 0.6) is 0 Å². The fourth-order valence-corrected chi connectivity index (χ4v) is 7.08. The Kier molecular flexibility index (Phi) is 7.36. The first-order valence-corrected chi connectivity index (χ1v) is 17.2. The fourth-order valence-electron chi connectivity index (χ4n) is 7.08. The van der Waals surface area contributed by atoms with Crippen molar-refractivity contribution in [3.05, 3.63) is 156 Å². The number of rotatable bonds is 4. The summed E-state index contributed by atoms with van der Waals surface area (Å²) in [5, 5.41) is 0. The molecule has 0 spiro atoms. The maximum Gasteiger partial charge on any atom is 0.169 e. The summed E-state index contributed by atoms with van der Waals surface area (Å²) in [6.45, 7) is 4.23. The molecule has 5 aromatic heterocycles. The van der Waals surface area contributed by atoms with Crippen molar-refractivity contribution in [2.45, 2.75) is 13.8 Å². The zero-order valence-corrected chi connectivity index (χ0v) is 28.7. The number of hydrogen-bond donors (Lipinski definition) is 2. The second-order valence-corrected chi connectivity index (χ2v) is 13.3. The smallest absolute Gasteiger partial charge is 0.169 e. The van der Waals surface area contributed by atoms with Gasteiger partial charge in [-0.1, -0.05) is 59.7 Å². The average Bonchev–Trinajstić information content (AvgIpc) is 3.99. The van der Waals surface area contributed by atoms with Gasteiger partial charge in [0.15, 0.2) is 24.8 Å². The summed E-state index contributed by atoms with van der Waals surface area (Å²) in [5.74, 6) is 0. The molecule has 51 heavy (non-hydrogen) atoms. The van der Waals surface area contributed by atoms with E-state index in [0.29, 0.717) is 0 Å². The summed E-state index contributed by atoms with van der Waals surface area (Å²) in [4.78, 5) is 21.6. The molecule has 7 aromatic rings. The highest BCUT2D eigenvalue weighted by atomic mass is 14.9. The Hall–Kier alpha value is -6.66. The number of nitrogens with zero attached hydrogens (tertiary/aromatic N) is 3. The van der Waals surface area contributed by atoms with E-state index >= 15 is 0 Å². The maximum absolute atomic E-state index is 5.36. The highest BCUT2D eigenvalue weighted by molar-refractivity contribution is 6.00. The number of aryl methyl sites for hydroxylation is 3. The van der Waals surface area contributed by atoms with Crippen molar-refractivity contribution in [1.82, 2.24) is 19.9 Å². The molecule has 7 heterocycles. The molecule has 6 heteroatoms. The Bertz CT molecular complexity index is 2530. The van der Waals surface area contributed by atoms with Gasteiger partial charge in [-0.25, -0.2) is 19.5 Å². The van der Waals surface area contributed by atoms with E-state index in [2.05, 4.69) is 167 Å².